The molecule has 0 radical (unpaired) electrons. The van der Waals surface area contributed by atoms with Gasteiger partial charge < -0.3 is 25.4 Å². The molecule has 2 aromatic rings. The Kier molecular flexibility index (Phi) is 9.93. The van der Waals surface area contributed by atoms with E-state index in [4.69, 9.17) is 16.3 Å². The van der Waals surface area contributed by atoms with Crippen molar-refractivity contribution in [3.05, 3.63) is 53.3 Å². The quantitative estimate of drug-likeness (QED) is 0.282. The summed E-state index contributed by atoms with van der Waals surface area (Å²) in [6.45, 7) is 4.75. The molecule has 0 saturated carbocycles. The van der Waals surface area contributed by atoms with Crippen LogP contribution in [-0.4, -0.2) is 55.4 Å². The molecule has 164 valence electrons. The van der Waals surface area contributed by atoms with E-state index in [-0.39, 0.29) is 36.6 Å². The molecule has 1 saturated heterocycles. The summed E-state index contributed by atoms with van der Waals surface area (Å²) in [6, 6.07) is 9.49. The average molecular weight is 546 g/mol. The molecule has 1 aliphatic heterocycles. The summed E-state index contributed by atoms with van der Waals surface area (Å²) in [7, 11) is 1.67. The lowest BCUT2D eigenvalue weighted by Gasteiger charge is -2.22. The van der Waals surface area contributed by atoms with Crippen LogP contribution in [0.5, 0.6) is 5.75 Å². The highest BCUT2D eigenvalue weighted by molar-refractivity contribution is 14.0. The Morgan fingerprint density at radius 2 is 2.13 bits per heavy atom. The molecule has 2 unspecified atom stereocenters. The number of benzene rings is 1. The highest BCUT2D eigenvalue weighted by Gasteiger charge is 2.25. The summed E-state index contributed by atoms with van der Waals surface area (Å²) >= 11 is 6.18. The zero-order valence-corrected chi connectivity index (χ0v) is 20.3. The molecule has 2 atom stereocenters. The van der Waals surface area contributed by atoms with E-state index in [2.05, 4.69) is 25.5 Å². The van der Waals surface area contributed by atoms with Gasteiger partial charge in [-0.05, 0) is 49.2 Å². The lowest BCUT2D eigenvalue weighted by atomic mass is 10.1. The molecule has 2 heterocycles. The number of nitrogens with one attached hydrogen (secondary N) is 2. The zero-order valence-electron chi connectivity index (χ0n) is 17.2. The molecule has 3 rings (SSSR count). The van der Waals surface area contributed by atoms with Crippen molar-refractivity contribution in [2.24, 2.45) is 4.99 Å². The maximum atomic E-state index is 10.3. The number of nitrogens with zero attached hydrogens (tertiary/aromatic N) is 3. The maximum Gasteiger partial charge on any atom is 0.191 e. The fourth-order valence-electron chi connectivity index (χ4n) is 3.39. The third-order valence-electron chi connectivity index (χ3n) is 4.87. The van der Waals surface area contributed by atoms with Crippen LogP contribution in [0.25, 0.3) is 0 Å². The van der Waals surface area contributed by atoms with Gasteiger partial charge in [0.1, 0.15) is 5.75 Å². The van der Waals surface area contributed by atoms with Crippen LogP contribution in [0.1, 0.15) is 25.0 Å². The Labute approximate surface area is 199 Å². The summed E-state index contributed by atoms with van der Waals surface area (Å²) < 4.78 is 5.49. The fraction of sp³-hybridized carbons (Fsp3) is 0.429. The van der Waals surface area contributed by atoms with Gasteiger partial charge in [-0.15, -0.1) is 24.0 Å². The molecule has 1 fully saturated rings. The lowest BCUT2D eigenvalue weighted by Crippen LogP contribution is -2.44. The number of hydrogen-bond acceptors (Lipinski definition) is 5. The van der Waals surface area contributed by atoms with Crippen LogP contribution in [-0.2, 0) is 0 Å². The van der Waals surface area contributed by atoms with E-state index in [1.54, 1.807) is 31.6 Å². The van der Waals surface area contributed by atoms with Crippen LogP contribution >= 0.6 is 35.6 Å². The average Bonchev–Trinajstić information content (AvgIpc) is 3.21. The minimum atomic E-state index is -0.663. The second-order valence-electron chi connectivity index (χ2n) is 6.91. The molecule has 0 bridgehead atoms. The molecule has 0 spiro atoms. The van der Waals surface area contributed by atoms with Crippen LogP contribution in [0, 0.1) is 0 Å². The van der Waals surface area contributed by atoms with Gasteiger partial charge in [-0.25, -0.2) is 0 Å². The molecule has 9 heteroatoms. The number of rotatable bonds is 7. The van der Waals surface area contributed by atoms with E-state index in [0.29, 0.717) is 11.0 Å². The van der Waals surface area contributed by atoms with Crippen molar-refractivity contribution in [3.63, 3.8) is 0 Å². The summed E-state index contributed by atoms with van der Waals surface area (Å²) in [6.07, 6.45) is 3.64. The normalized spacial score (nSPS) is 17.3. The standard InChI is InChI=1S/C21H28ClN5O2.HI/c1-3-24-21(25-13-19(28)15-6-9-23-10-7-15)26-17-8-11-27(14-17)18-12-16(22)4-5-20(18)29-2;/h4-7,9-10,12,17,19,28H,3,8,11,13-14H2,1-2H3,(H2,24,25,26);1H. The second kappa shape index (κ2) is 12.2. The van der Waals surface area contributed by atoms with Crippen molar-refractivity contribution in [1.82, 2.24) is 15.6 Å². The number of aromatic nitrogens is 1. The maximum absolute atomic E-state index is 10.3. The van der Waals surface area contributed by atoms with Crippen molar-refractivity contribution in [2.75, 3.05) is 38.2 Å². The lowest BCUT2D eigenvalue weighted by molar-refractivity contribution is 0.187. The fourth-order valence-corrected chi connectivity index (χ4v) is 3.56. The molecule has 0 aliphatic carbocycles. The van der Waals surface area contributed by atoms with Crippen molar-refractivity contribution in [3.8, 4) is 5.75 Å². The van der Waals surface area contributed by atoms with Crippen molar-refractivity contribution < 1.29 is 9.84 Å². The van der Waals surface area contributed by atoms with Gasteiger partial charge in [0, 0.05) is 43.1 Å². The second-order valence-corrected chi connectivity index (χ2v) is 7.34. The van der Waals surface area contributed by atoms with Crippen LogP contribution < -0.4 is 20.3 Å². The third-order valence-corrected chi connectivity index (χ3v) is 5.10. The van der Waals surface area contributed by atoms with Crippen molar-refractivity contribution in [1.29, 1.82) is 0 Å². The largest absolute Gasteiger partial charge is 0.495 e. The van der Waals surface area contributed by atoms with Gasteiger partial charge in [0.25, 0.3) is 0 Å². The smallest absolute Gasteiger partial charge is 0.191 e. The van der Waals surface area contributed by atoms with Gasteiger partial charge in [-0.3, -0.25) is 9.98 Å². The first-order valence-corrected chi connectivity index (χ1v) is 10.2. The molecule has 1 aliphatic rings. The zero-order chi connectivity index (χ0) is 20.6. The van der Waals surface area contributed by atoms with Crippen LogP contribution in [0.15, 0.2) is 47.7 Å². The summed E-state index contributed by atoms with van der Waals surface area (Å²) in [5.74, 6) is 1.52. The number of hydrogen-bond donors (Lipinski definition) is 3. The predicted molar refractivity (Wildman–Crippen MR) is 132 cm³/mol. The molecule has 3 N–H and O–H groups in total. The molecule has 30 heavy (non-hydrogen) atoms. The minimum Gasteiger partial charge on any atom is -0.495 e. The molecule has 1 aromatic carbocycles. The minimum absolute atomic E-state index is 0. The van der Waals surface area contributed by atoms with Gasteiger partial charge in [-0.2, -0.15) is 0 Å². The number of guanidine groups is 1. The number of halogens is 2. The third kappa shape index (κ3) is 6.61. The molecular weight excluding hydrogens is 517 g/mol. The number of aliphatic hydroxyl groups excluding tert-OH is 1. The summed E-state index contributed by atoms with van der Waals surface area (Å²) in [5.41, 5.74) is 1.80. The number of aliphatic hydroxyl groups is 1. The van der Waals surface area contributed by atoms with Gasteiger partial charge in [0.2, 0.25) is 0 Å². The number of ether oxygens (including phenoxy) is 1. The van der Waals surface area contributed by atoms with Crippen molar-refractivity contribution in [2.45, 2.75) is 25.5 Å². The van der Waals surface area contributed by atoms with Gasteiger partial charge >= 0.3 is 0 Å². The first-order chi connectivity index (χ1) is 14.1. The van der Waals surface area contributed by atoms with E-state index >= 15 is 0 Å². The first kappa shape index (κ1) is 24.5. The van der Waals surface area contributed by atoms with Crippen LogP contribution in [0.3, 0.4) is 0 Å². The van der Waals surface area contributed by atoms with E-state index in [0.717, 1.165) is 43.1 Å². The predicted octanol–water partition coefficient (Wildman–Crippen LogP) is 3.23. The van der Waals surface area contributed by atoms with E-state index < -0.39 is 6.10 Å². The van der Waals surface area contributed by atoms with Gasteiger partial charge in [0.05, 0.1) is 25.4 Å². The first-order valence-electron chi connectivity index (χ1n) is 9.82. The number of pyridine rings is 1. The Hall–Kier alpha value is -1.78. The van der Waals surface area contributed by atoms with E-state index in [9.17, 15) is 5.11 Å². The highest BCUT2D eigenvalue weighted by atomic mass is 127. The number of aliphatic imine (C=N–C) groups is 1. The van der Waals surface area contributed by atoms with Crippen LogP contribution in [0.4, 0.5) is 5.69 Å². The van der Waals surface area contributed by atoms with Crippen molar-refractivity contribution >= 4 is 47.2 Å². The molecule has 0 amide bonds. The summed E-state index contributed by atoms with van der Waals surface area (Å²) in [5, 5.41) is 17.8. The summed E-state index contributed by atoms with van der Waals surface area (Å²) in [4.78, 5) is 10.8. The Morgan fingerprint density at radius 3 is 2.83 bits per heavy atom. The highest BCUT2D eigenvalue weighted by Crippen LogP contribution is 2.33. The van der Waals surface area contributed by atoms with E-state index in [1.165, 1.54) is 0 Å². The Bertz CT molecular complexity index is 824. The van der Waals surface area contributed by atoms with Crippen LogP contribution in [0.2, 0.25) is 5.02 Å². The molecule has 7 nitrogen and oxygen atoms in total. The molecular formula is C21H29ClIN5O2. The van der Waals surface area contributed by atoms with Gasteiger partial charge in [-0.1, -0.05) is 11.6 Å². The molecule has 1 aromatic heterocycles. The van der Waals surface area contributed by atoms with Gasteiger partial charge in [0.15, 0.2) is 5.96 Å². The number of anilines is 1. The Morgan fingerprint density at radius 1 is 1.37 bits per heavy atom. The topological polar surface area (TPSA) is 82.0 Å². The number of methoxy groups -OCH3 is 1. The van der Waals surface area contributed by atoms with E-state index in [1.807, 2.05) is 25.1 Å². The SMILES string of the molecule is CCNC(=NCC(O)c1ccncc1)NC1CCN(c2cc(Cl)ccc2OC)C1.I. The Balaban J connectivity index is 0.00000320. The monoisotopic (exact) mass is 545 g/mol.